The van der Waals surface area contributed by atoms with Crippen LogP contribution in [-0.2, 0) is 9.53 Å². The molecule has 0 unspecified atom stereocenters. The average Bonchev–Trinajstić information content (AvgIpc) is 2.38. The third-order valence-electron chi connectivity index (χ3n) is 2.57. The molecule has 3 nitrogen and oxygen atoms in total. The smallest absolute Gasteiger partial charge is 0.310 e. The van der Waals surface area contributed by atoms with Crippen LogP contribution in [0.25, 0.3) is 0 Å². The van der Waals surface area contributed by atoms with E-state index in [1.807, 2.05) is 13.8 Å². The molecule has 1 aromatic rings. The second kappa shape index (κ2) is 7.58. The lowest BCUT2D eigenvalue weighted by Crippen LogP contribution is -2.12. The van der Waals surface area contributed by atoms with E-state index in [2.05, 4.69) is 0 Å². The van der Waals surface area contributed by atoms with Gasteiger partial charge in [0, 0.05) is 11.1 Å². The van der Waals surface area contributed by atoms with Crippen LogP contribution in [0.15, 0.2) is 35.9 Å². The number of hydrogen-bond acceptors (Lipinski definition) is 3. The first-order valence-electron chi connectivity index (χ1n) is 6.60. The maximum absolute atomic E-state index is 12.9. The van der Waals surface area contributed by atoms with Crippen molar-refractivity contribution in [1.82, 2.24) is 0 Å². The molecule has 0 amide bonds. The molecule has 0 fully saturated rings. The highest BCUT2D eigenvalue weighted by Gasteiger charge is 2.17. The molecule has 0 aliphatic heterocycles. The van der Waals surface area contributed by atoms with E-state index in [1.165, 1.54) is 24.3 Å². The number of benzene rings is 1. The Morgan fingerprint density at radius 1 is 1.25 bits per heavy atom. The lowest BCUT2D eigenvalue weighted by Gasteiger charge is -2.08. The summed E-state index contributed by atoms with van der Waals surface area (Å²) in [6.45, 7) is 5.83. The fourth-order valence-corrected chi connectivity index (χ4v) is 1.77. The second-order valence-corrected chi connectivity index (χ2v) is 4.75. The van der Waals surface area contributed by atoms with Crippen LogP contribution in [0.5, 0.6) is 0 Å². The number of carbonyl (C=O) groups is 2. The van der Waals surface area contributed by atoms with Crippen LogP contribution in [0, 0.1) is 11.7 Å². The Bertz CT molecular complexity index is 501. The van der Waals surface area contributed by atoms with Gasteiger partial charge in [0.05, 0.1) is 13.0 Å². The highest BCUT2D eigenvalue weighted by atomic mass is 19.1. The fourth-order valence-electron chi connectivity index (χ4n) is 1.77. The lowest BCUT2D eigenvalue weighted by molar-refractivity contribution is -0.142. The maximum Gasteiger partial charge on any atom is 0.310 e. The molecule has 0 aromatic heterocycles. The minimum atomic E-state index is -0.435. The number of allylic oxidation sites excluding steroid dienone is 1. The van der Waals surface area contributed by atoms with Gasteiger partial charge in [-0.2, -0.15) is 0 Å². The molecule has 0 atom stereocenters. The SMILES string of the molecule is CCOC(=O)CC(=CC(C)C)C(=O)c1ccc(F)cc1. The summed E-state index contributed by atoms with van der Waals surface area (Å²) >= 11 is 0. The summed E-state index contributed by atoms with van der Waals surface area (Å²) in [6.07, 6.45) is 1.67. The zero-order chi connectivity index (χ0) is 15.1. The van der Waals surface area contributed by atoms with E-state index in [1.54, 1.807) is 13.0 Å². The van der Waals surface area contributed by atoms with E-state index in [-0.39, 0.29) is 24.7 Å². The van der Waals surface area contributed by atoms with Crippen molar-refractivity contribution in [2.45, 2.75) is 27.2 Å². The topological polar surface area (TPSA) is 43.4 Å². The predicted octanol–water partition coefficient (Wildman–Crippen LogP) is 3.54. The molecule has 0 saturated heterocycles. The fraction of sp³-hybridized carbons (Fsp3) is 0.375. The highest BCUT2D eigenvalue weighted by molar-refractivity contribution is 6.10. The van der Waals surface area contributed by atoms with Gasteiger partial charge in [0.1, 0.15) is 5.82 Å². The van der Waals surface area contributed by atoms with Crippen molar-refractivity contribution >= 4 is 11.8 Å². The van der Waals surface area contributed by atoms with E-state index in [0.717, 1.165) is 0 Å². The van der Waals surface area contributed by atoms with Gasteiger partial charge in [-0.15, -0.1) is 0 Å². The third kappa shape index (κ3) is 4.96. The molecule has 0 aliphatic rings. The molecule has 4 heteroatoms. The van der Waals surface area contributed by atoms with Gasteiger partial charge in [-0.3, -0.25) is 9.59 Å². The van der Waals surface area contributed by atoms with Gasteiger partial charge in [0.15, 0.2) is 5.78 Å². The standard InChI is InChI=1S/C16H19FO3/c1-4-20-15(18)10-13(9-11(2)3)16(19)12-5-7-14(17)8-6-12/h5-9,11H,4,10H2,1-3H3. The van der Waals surface area contributed by atoms with Crippen molar-refractivity contribution in [3.05, 3.63) is 47.3 Å². The summed E-state index contributed by atoms with van der Waals surface area (Å²) in [5.41, 5.74) is 0.743. The Morgan fingerprint density at radius 2 is 1.85 bits per heavy atom. The summed E-state index contributed by atoms with van der Waals surface area (Å²) in [5.74, 6) is -0.980. The van der Waals surface area contributed by atoms with Crippen molar-refractivity contribution in [3.63, 3.8) is 0 Å². The molecule has 0 heterocycles. The van der Waals surface area contributed by atoms with Gasteiger partial charge in [0.2, 0.25) is 0 Å². The minimum Gasteiger partial charge on any atom is -0.466 e. The van der Waals surface area contributed by atoms with Crippen LogP contribution in [0.2, 0.25) is 0 Å². The molecule has 108 valence electrons. The minimum absolute atomic E-state index is 0.0672. The predicted molar refractivity (Wildman–Crippen MR) is 74.9 cm³/mol. The molecular weight excluding hydrogens is 259 g/mol. The summed E-state index contributed by atoms with van der Waals surface area (Å²) in [7, 11) is 0. The Balaban J connectivity index is 2.96. The molecule has 1 rings (SSSR count). The van der Waals surface area contributed by atoms with Gasteiger partial charge in [0.25, 0.3) is 0 Å². The van der Waals surface area contributed by atoms with Crippen LogP contribution in [0.4, 0.5) is 4.39 Å². The molecule has 0 spiro atoms. The quantitative estimate of drug-likeness (QED) is 0.454. The number of hydrogen-bond donors (Lipinski definition) is 0. The number of carbonyl (C=O) groups excluding carboxylic acids is 2. The normalized spacial score (nSPS) is 11.6. The third-order valence-corrected chi connectivity index (χ3v) is 2.57. The van der Waals surface area contributed by atoms with Gasteiger partial charge in [-0.05, 0) is 37.1 Å². The van der Waals surface area contributed by atoms with Crippen molar-refractivity contribution in [2.75, 3.05) is 6.61 Å². The van der Waals surface area contributed by atoms with Crippen molar-refractivity contribution in [1.29, 1.82) is 0 Å². The first-order valence-corrected chi connectivity index (χ1v) is 6.60. The van der Waals surface area contributed by atoms with E-state index in [4.69, 9.17) is 4.74 Å². The second-order valence-electron chi connectivity index (χ2n) is 4.75. The summed E-state index contributed by atoms with van der Waals surface area (Å²) in [4.78, 5) is 23.9. The van der Waals surface area contributed by atoms with Crippen LogP contribution in [0.3, 0.4) is 0 Å². The molecule has 0 bridgehead atoms. The van der Waals surface area contributed by atoms with E-state index >= 15 is 0 Å². The Hall–Kier alpha value is -1.97. The molecule has 0 radical (unpaired) electrons. The zero-order valence-electron chi connectivity index (χ0n) is 12.0. The van der Waals surface area contributed by atoms with Crippen LogP contribution >= 0.6 is 0 Å². The zero-order valence-corrected chi connectivity index (χ0v) is 12.0. The molecular formula is C16H19FO3. The number of Topliss-reactive ketones (excluding diaryl/α,β-unsaturated/α-hetero) is 1. The summed E-state index contributed by atoms with van der Waals surface area (Å²) < 4.78 is 17.7. The van der Waals surface area contributed by atoms with E-state index < -0.39 is 11.8 Å². The van der Waals surface area contributed by atoms with E-state index in [0.29, 0.717) is 11.1 Å². The van der Waals surface area contributed by atoms with Crippen molar-refractivity contribution in [2.24, 2.45) is 5.92 Å². The monoisotopic (exact) mass is 278 g/mol. The number of halogens is 1. The van der Waals surface area contributed by atoms with Crippen molar-refractivity contribution in [3.8, 4) is 0 Å². The molecule has 20 heavy (non-hydrogen) atoms. The van der Waals surface area contributed by atoms with Gasteiger partial charge in [-0.1, -0.05) is 19.9 Å². The van der Waals surface area contributed by atoms with Crippen molar-refractivity contribution < 1.29 is 18.7 Å². The largest absolute Gasteiger partial charge is 0.466 e. The Labute approximate surface area is 118 Å². The van der Waals surface area contributed by atoms with Gasteiger partial charge < -0.3 is 4.74 Å². The van der Waals surface area contributed by atoms with Crippen LogP contribution in [0.1, 0.15) is 37.6 Å². The highest BCUT2D eigenvalue weighted by Crippen LogP contribution is 2.16. The van der Waals surface area contributed by atoms with Gasteiger partial charge >= 0.3 is 5.97 Å². The molecule has 0 N–H and O–H groups in total. The average molecular weight is 278 g/mol. The van der Waals surface area contributed by atoms with Crippen LogP contribution in [-0.4, -0.2) is 18.4 Å². The van der Waals surface area contributed by atoms with Gasteiger partial charge in [-0.25, -0.2) is 4.39 Å². The first-order chi connectivity index (χ1) is 9.43. The molecule has 1 aromatic carbocycles. The summed E-state index contributed by atoms with van der Waals surface area (Å²) in [5, 5.41) is 0. The molecule has 0 aliphatic carbocycles. The first kappa shape index (κ1) is 16.1. The lowest BCUT2D eigenvalue weighted by atomic mass is 9.97. The number of esters is 1. The number of ketones is 1. The maximum atomic E-state index is 12.9. The molecule has 0 saturated carbocycles. The summed E-state index contributed by atoms with van der Waals surface area (Å²) in [6, 6.07) is 5.28. The number of ether oxygens (including phenoxy) is 1. The van der Waals surface area contributed by atoms with Crippen LogP contribution < -0.4 is 0 Å². The Morgan fingerprint density at radius 3 is 2.35 bits per heavy atom. The number of rotatable bonds is 6. The Kier molecular flexibility index (Phi) is 6.10. The van der Waals surface area contributed by atoms with E-state index in [9.17, 15) is 14.0 Å².